The van der Waals surface area contributed by atoms with Crippen molar-refractivity contribution in [3.05, 3.63) is 36.0 Å². The number of benzene rings is 1. The van der Waals surface area contributed by atoms with E-state index >= 15 is 0 Å². The van der Waals surface area contributed by atoms with Crippen LogP contribution in [0.5, 0.6) is 0 Å². The molecule has 3 N–H and O–H groups in total. The molecule has 0 saturated heterocycles. The number of aromatic carboxylic acids is 1. The van der Waals surface area contributed by atoms with Crippen molar-refractivity contribution in [2.75, 3.05) is 12.4 Å². The van der Waals surface area contributed by atoms with Crippen molar-refractivity contribution >= 4 is 17.9 Å². The lowest BCUT2D eigenvalue weighted by Gasteiger charge is -1.94. The number of aromatic nitrogens is 2. The molecule has 0 radical (unpaired) electrons. The number of carbonyl (C=O) groups excluding carboxylic acids is 1. The number of nitrogens with one attached hydrogen (secondary N) is 2. The van der Waals surface area contributed by atoms with Gasteiger partial charge in [0, 0.05) is 19.2 Å². The third kappa shape index (κ3) is 2.86. The van der Waals surface area contributed by atoms with Crippen molar-refractivity contribution < 1.29 is 23.9 Å². The van der Waals surface area contributed by atoms with Gasteiger partial charge in [-0.2, -0.15) is 0 Å². The molecular formula is C11H11N4O4+. The Hall–Kier alpha value is -2.90. The van der Waals surface area contributed by atoms with E-state index in [2.05, 4.69) is 15.9 Å². The first kappa shape index (κ1) is 12.6. The summed E-state index contributed by atoms with van der Waals surface area (Å²) in [6.45, 7) is 0. The van der Waals surface area contributed by atoms with E-state index in [0.29, 0.717) is 5.69 Å². The molecule has 0 atom stereocenters. The highest BCUT2D eigenvalue weighted by Crippen LogP contribution is 2.06. The predicted molar refractivity (Wildman–Crippen MR) is 63.1 cm³/mol. The van der Waals surface area contributed by atoms with Gasteiger partial charge in [0.25, 0.3) is 6.20 Å². The van der Waals surface area contributed by atoms with E-state index in [0.717, 1.165) is 0 Å². The number of hydrogen-bond donors (Lipinski definition) is 3. The van der Waals surface area contributed by atoms with Crippen LogP contribution in [0, 0.1) is 0 Å². The molecule has 0 saturated carbocycles. The van der Waals surface area contributed by atoms with Crippen molar-refractivity contribution in [3.8, 4) is 5.69 Å². The van der Waals surface area contributed by atoms with Gasteiger partial charge >= 0.3 is 17.9 Å². The highest BCUT2D eigenvalue weighted by molar-refractivity contribution is 5.87. The van der Waals surface area contributed by atoms with Crippen LogP contribution in [-0.2, 0) is 0 Å². The molecule has 0 unspecified atom stereocenters. The first-order valence-corrected chi connectivity index (χ1v) is 5.31. The van der Waals surface area contributed by atoms with Crippen LogP contribution in [0.15, 0.2) is 35.0 Å². The lowest BCUT2D eigenvalue weighted by Crippen LogP contribution is -2.31. The predicted octanol–water partition coefficient (Wildman–Crippen LogP) is 0.401. The first-order chi connectivity index (χ1) is 9.10. The van der Waals surface area contributed by atoms with Crippen LogP contribution in [0.1, 0.15) is 10.4 Å². The zero-order chi connectivity index (χ0) is 13.8. The van der Waals surface area contributed by atoms with Crippen LogP contribution in [-0.4, -0.2) is 29.4 Å². The Balaban J connectivity index is 2.18. The van der Waals surface area contributed by atoms with E-state index in [4.69, 9.17) is 9.63 Å². The van der Waals surface area contributed by atoms with Gasteiger partial charge < -0.3 is 10.4 Å². The van der Waals surface area contributed by atoms with E-state index < -0.39 is 12.0 Å². The van der Waals surface area contributed by atoms with Crippen molar-refractivity contribution in [1.82, 2.24) is 10.6 Å². The highest BCUT2D eigenvalue weighted by Gasteiger charge is 2.16. The van der Waals surface area contributed by atoms with Gasteiger partial charge in [-0.05, 0) is 16.8 Å². The quantitative estimate of drug-likeness (QED) is 0.694. The molecule has 19 heavy (non-hydrogen) atoms. The van der Waals surface area contributed by atoms with Gasteiger partial charge in [-0.25, -0.2) is 9.59 Å². The fourth-order valence-corrected chi connectivity index (χ4v) is 1.35. The van der Waals surface area contributed by atoms with Gasteiger partial charge in [0.05, 0.1) is 5.56 Å². The van der Waals surface area contributed by atoms with Gasteiger partial charge in [-0.3, -0.25) is 9.84 Å². The van der Waals surface area contributed by atoms with Gasteiger partial charge in [0.15, 0.2) is 0 Å². The zero-order valence-electron chi connectivity index (χ0n) is 9.95. The van der Waals surface area contributed by atoms with Crippen LogP contribution in [0.2, 0.25) is 0 Å². The van der Waals surface area contributed by atoms with Crippen molar-refractivity contribution in [1.29, 1.82) is 0 Å². The number of nitrogens with zero attached hydrogens (tertiary/aromatic N) is 2. The molecule has 1 aromatic heterocycles. The largest absolute Gasteiger partial charge is 0.478 e. The molecular weight excluding hydrogens is 252 g/mol. The van der Waals surface area contributed by atoms with E-state index in [-0.39, 0.29) is 11.4 Å². The Kier molecular flexibility index (Phi) is 3.42. The number of urea groups is 1. The van der Waals surface area contributed by atoms with E-state index in [1.54, 1.807) is 12.1 Å². The maximum absolute atomic E-state index is 11.1. The summed E-state index contributed by atoms with van der Waals surface area (Å²) >= 11 is 0. The maximum atomic E-state index is 11.1. The van der Waals surface area contributed by atoms with Gasteiger partial charge in [0.2, 0.25) is 11.0 Å². The monoisotopic (exact) mass is 263 g/mol. The number of carbonyl (C=O) groups is 2. The first-order valence-electron chi connectivity index (χ1n) is 5.31. The lowest BCUT2D eigenvalue weighted by atomic mass is 10.2. The van der Waals surface area contributed by atoms with Crippen LogP contribution in [0.4, 0.5) is 10.7 Å². The highest BCUT2D eigenvalue weighted by atomic mass is 16.5. The number of hydrogen-bond acceptors (Lipinski definition) is 4. The number of amides is 2. The molecule has 0 fully saturated rings. The number of carboxylic acids is 1. The SMILES string of the molecule is CNC(=O)Nc1c[n+](-c2ccc(C(=O)O)cc2)no1. The molecule has 98 valence electrons. The molecule has 1 heterocycles. The average Bonchev–Trinajstić information content (AvgIpc) is 2.87. The Labute approximate surface area is 107 Å². The second-order valence-corrected chi connectivity index (χ2v) is 3.57. The Bertz CT molecular complexity index is 605. The molecule has 8 nitrogen and oxygen atoms in total. The fourth-order valence-electron chi connectivity index (χ4n) is 1.35. The molecule has 8 heteroatoms. The van der Waals surface area contributed by atoms with Crippen molar-refractivity contribution in [2.45, 2.75) is 0 Å². The van der Waals surface area contributed by atoms with Crippen molar-refractivity contribution in [3.63, 3.8) is 0 Å². The summed E-state index contributed by atoms with van der Waals surface area (Å²) in [7, 11) is 1.48. The Morgan fingerprint density at radius 1 is 1.32 bits per heavy atom. The molecule has 0 aliphatic carbocycles. The minimum atomic E-state index is -1.00. The third-order valence-electron chi connectivity index (χ3n) is 2.31. The van der Waals surface area contributed by atoms with Crippen LogP contribution in [0.25, 0.3) is 5.69 Å². The summed E-state index contributed by atoms with van der Waals surface area (Å²) in [4.78, 5) is 21.8. The van der Waals surface area contributed by atoms with Gasteiger partial charge in [0.1, 0.15) is 0 Å². The summed E-state index contributed by atoms with van der Waals surface area (Å²) in [6, 6.07) is 5.63. The van der Waals surface area contributed by atoms with Gasteiger partial charge in [-0.15, -0.1) is 0 Å². The summed E-state index contributed by atoms with van der Waals surface area (Å²) in [5, 5.41) is 17.3. The standard InChI is InChI=1S/C11H10N4O4/c1-12-11(18)13-9-6-15(14-19-9)8-4-2-7(3-5-8)10(16)17/h2-6H,1H3,(H2-,12,13,14,16,17,18)/p+1. The minimum absolute atomic E-state index is 0.168. The van der Waals surface area contributed by atoms with Gasteiger partial charge in [-0.1, -0.05) is 0 Å². The van der Waals surface area contributed by atoms with Crippen LogP contribution in [0.3, 0.4) is 0 Å². The Morgan fingerprint density at radius 3 is 2.58 bits per heavy atom. The molecule has 1 aromatic carbocycles. The minimum Gasteiger partial charge on any atom is -0.478 e. The maximum Gasteiger partial charge on any atom is 0.335 e. The van der Waals surface area contributed by atoms with Crippen LogP contribution >= 0.6 is 0 Å². The third-order valence-corrected chi connectivity index (χ3v) is 2.31. The molecule has 0 bridgehead atoms. The molecule has 2 amide bonds. The van der Waals surface area contributed by atoms with E-state index in [9.17, 15) is 9.59 Å². The number of rotatable bonds is 3. The van der Waals surface area contributed by atoms with Crippen molar-refractivity contribution in [2.24, 2.45) is 0 Å². The second kappa shape index (κ2) is 5.17. The van der Waals surface area contributed by atoms with Crippen LogP contribution < -0.4 is 15.3 Å². The lowest BCUT2D eigenvalue weighted by molar-refractivity contribution is -0.670. The normalized spacial score (nSPS) is 9.95. The second-order valence-electron chi connectivity index (χ2n) is 3.57. The summed E-state index contributed by atoms with van der Waals surface area (Å²) in [6.07, 6.45) is 1.46. The summed E-state index contributed by atoms with van der Waals surface area (Å²) in [5.74, 6) is -0.833. The number of anilines is 1. The number of carboxylic acid groups (broad SMARTS) is 1. The summed E-state index contributed by atoms with van der Waals surface area (Å²) < 4.78 is 6.27. The summed E-state index contributed by atoms with van der Waals surface area (Å²) in [5.41, 5.74) is 0.787. The smallest absolute Gasteiger partial charge is 0.335 e. The molecule has 0 spiro atoms. The zero-order valence-corrected chi connectivity index (χ0v) is 9.95. The molecule has 2 rings (SSSR count). The molecule has 0 aliphatic rings. The molecule has 2 aromatic rings. The van der Waals surface area contributed by atoms with E-state index in [1.807, 2.05) is 0 Å². The topological polar surface area (TPSA) is 108 Å². The average molecular weight is 263 g/mol. The Morgan fingerprint density at radius 2 is 2.00 bits per heavy atom. The molecule has 0 aliphatic heterocycles. The fraction of sp³-hybridized carbons (Fsp3) is 0.0909. The van der Waals surface area contributed by atoms with E-state index in [1.165, 1.54) is 30.1 Å².